The van der Waals surface area contributed by atoms with Gasteiger partial charge < -0.3 is 10.1 Å². The Hall–Kier alpha value is -1.69. The summed E-state index contributed by atoms with van der Waals surface area (Å²) in [4.78, 5) is 24.5. The molecule has 0 heterocycles. The van der Waals surface area contributed by atoms with Gasteiger partial charge in [-0.1, -0.05) is 54.5 Å². The summed E-state index contributed by atoms with van der Waals surface area (Å²) in [6.45, 7) is 17.3. The molecule has 5 nitrogen and oxygen atoms in total. The molecule has 0 saturated heterocycles. The van der Waals surface area contributed by atoms with E-state index >= 15 is 0 Å². The summed E-state index contributed by atoms with van der Waals surface area (Å²) in [7, 11) is 0. The van der Waals surface area contributed by atoms with Crippen molar-refractivity contribution in [2.75, 3.05) is 18.9 Å². The number of benzene rings is 1. The summed E-state index contributed by atoms with van der Waals surface area (Å²) in [5.41, 5.74) is 1.52. The van der Waals surface area contributed by atoms with Crippen molar-refractivity contribution < 1.29 is 14.3 Å². The van der Waals surface area contributed by atoms with Crippen molar-refractivity contribution in [3.05, 3.63) is 29.3 Å². The second-order valence-electron chi connectivity index (χ2n) is 9.88. The first-order chi connectivity index (χ1) is 13.2. The minimum Gasteiger partial charge on any atom is -0.492 e. The van der Waals surface area contributed by atoms with Crippen LogP contribution in [0, 0.1) is 5.41 Å². The molecule has 0 fully saturated rings. The number of urea groups is 1. The van der Waals surface area contributed by atoms with Gasteiger partial charge in [0.05, 0.1) is 5.41 Å². The number of amides is 3. The van der Waals surface area contributed by atoms with Crippen molar-refractivity contribution in [1.82, 2.24) is 10.6 Å². The monoisotopic (exact) mass is 422 g/mol. The van der Waals surface area contributed by atoms with Crippen molar-refractivity contribution in [2.24, 2.45) is 5.41 Å². The number of rotatable bonds is 7. The molecule has 0 bridgehead atoms. The molecule has 1 unspecified atom stereocenters. The van der Waals surface area contributed by atoms with Crippen LogP contribution in [0.1, 0.15) is 72.9 Å². The standard InChI is InChI=1S/C23H38N2O3S/c1-9-23(8,19(26)25-20(27)24-10-11-29)15-28-18-13-16(21(2,3)4)12-17(14-18)22(5,6)7/h12-14,29H,9-11,15H2,1-8H3,(H2,24,25,26,27). The summed E-state index contributed by atoms with van der Waals surface area (Å²) in [5, 5.41) is 5.00. The van der Waals surface area contributed by atoms with Gasteiger partial charge >= 0.3 is 6.03 Å². The van der Waals surface area contributed by atoms with Gasteiger partial charge in [0.2, 0.25) is 5.91 Å². The lowest BCUT2D eigenvalue weighted by Crippen LogP contribution is -2.48. The van der Waals surface area contributed by atoms with E-state index in [4.69, 9.17) is 4.74 Å². The summed E-state index contributed by atoms with van der Waals surface area (Å²) >= 11 is 4.04. The van der Waals surface area contributed by atoms with Gasteiger partial charge in [-0.2, -0.15) is 12.6 Å². The van der Waals surface area contributed by atoms with Crippen LogP contribution in [-0.2, 0) is 15.6 Å². The minimum atomic E-state index is -0.821. The first kappa shape index (κ1) is 25.3. The number of imide groups is 1. The van der Waals surface area contributed by atoms with Gasteiger partial charge in [-0.3, -0.25) is 10.1 Å². The maximum absolute atomic E-state index is 12.7. The highest BCUT2D eigenvalue weighted by molar-refractivity contribution is 7.80. The topological polar surface area (TPSA) is 67.4 Å². The fourth-order valence-electron chi connectivity index (χ4n) is 2.59. The third-order valence-corrected chi connectivity index (χ3v) is 5.37. The van der Waals surface area contributed by atoms with E-state index in [1.54, 1.807) is 0 Å². The van der Waals surface area contributed by atoms with E-state index in [9.17, 15) is 9.59 Å². The van der Waals surface area contributed by atoms with Crippen LogP contribution in [0.2, 0.25) is 0 Å². The maximum atomic E-state index is 12.7. The highest BCUT2D eigenvalue weighted by Gasteiger charge is 2.34. The normalized spacial score (nSPS) is 14.1. The second kappa shape index (κ2) is 9.88. The molecule has 0 aromatic heterocycles. The molecule has 1 atom stereocenters. The Bertz CT molecular complexity index is 688. The van der Waals surface area contributed by atoms with Gasteiger partial charge in [-0.15, -0.1) is 0 Å². The predicted octanol–water partition coefficient (Wildman–Crippen LogP) is 4.83. The highest BCUT2D eigenvalue weighted by Crippen LogP contribution is 2.34. The molecule has 0 spiro atoms. The number of carbonyl (C=O) groups excluding carboxylic acids is 2. The van der Waals surface area contributed by atoms with Gasteiger partial charge in [0.25, 0.3) is 0 Å². The van der Waals surface area contributed by atoms with Crippen molar-refractivity contribution in [2.45, 2.75) is 72.6 Å². The van der Waals surface area contributed by atoms with E-state index in [1.807, 2.05) is 26.0 Å². The number of hydrogen-bond acceptors (Lipinski definition) is 4. The van der Waals surface area contributed by atoms with Gasteiger partial charge in [-0.05, 0) is 47.4 Å². The third kappa shape index (κ3) is 7.57. The van der Waals surface area contributed by atoms with Crippen molar-refractivity contribution >= 4 is 24.6 Å². The Kier molecular flexibility index (Phi) is 8.63. The molecule has 0 aliphatic rings. The van der Waals surface area contributed by atoms with E-state index in [1.165, 1.54) is 11.1 Å². The number of thiol groups is 1. The Morgan fingerprint density at radius 1 is 0.966 bits per heavy atom. The molecule has 0 radical (unpaired) electrons. The first-order valence-corrected chi connectivity index (χ1v) is 10.8. The van der Waals surface area contributed by atoms with Crippen LogP contribution < -0.4 is 15.4 Å². The number of nitrogens with one attached hydrogen (secondary N) is 2. The van der Waals surface area contributed by atoms with Crippen LogP contribution in [0.5, 0.6) is 5.75 Å². The van der Waals surface area contributed by atoms with Gasteiger partial charge in [-0.25, -0.2) is 4.79 Å². The van der Waals surface area contributed by atoms with E-state index in [2.05, 4.69) is 70.9 Å². The molecule has 1 rings (SSSR count). The molecule has 0 aliphatic heterocycles. The fourth-order valence-corrected chi connectivity index (χ4v) is 2.70. The maximum Gasteiger partial charge on any atom is 0.321 e. The quantitative estimate of drug-likeness (QED) is 0.551. The number of hydrogen-bond donors (Lipinski definition) is 3. The fraction of sp³-hybridized carbons (Fsp3) is 0.652. The van der Waals surface area contributed by atoms with Gasteiger partial charge in [0.15, 0.2) is 0 Å². The summed E-state index contributed by atoms with van der Waals surface area (Å²) in [6, 6.07) is 5.81. The van der Waals surface area contributed by atoms with E-state index < -0.39 is 11.4 Å². The molecule has 164 valence electrons. The lowest BCUT2D eigenvalue weighted by atomic mass is 9.80. The van der Waals surface area contributed by atoms with Gasteiger partial charge in [0.1, 0.15) is 12.4 Å². The van der Waals surface area contributed by atoms with Crippen LogP contribution in [0.25, 0.3) is 0 Å². The molecule has 29 heavy (non-hydrogen) atoms. The number of carbonyl (C=O) groups is 2. The SMILES string of the molecule is CCC(C)(COc1cc(C(C)(C)C)cc(C(C)(C)C)c1)C(=O)NC(=O)NCCS. The molecule has 1 aromatic rings. The minimum absolute atomic E-state index is 0.0180. The average molecular weight is 423 g/mol. The molecule has 2 N–H and O–H groups in total. The van der Waals surface area contributed by atoms with Crippen LogP contribution in [0.15, 0.2) is 18.2 Å². The first-order valence-electron chi connectivity index (χ1n) is 10.2. The van der Waals surface area contributed by atoms with Crippen molar-refractivity contribution in [3.63, 3.8) is 0 Å². The molecular weight excluding hydrogens is 384 g/mol. The molecule has 3 amide bonds. The molecule has 6 heteroatoms. The highest BCUT2D eigenvalue weighted by atomic mass is 32.1. The molecular formula is C23H38N2O3S. The van der Waals surface area contributed by atoms with Crippen LogP contribution in [0.3, 0.4) is 0 Å². The van der Waals surface area contributed by atoms with E-state index in [-0.39, 0.29) is 23.3 Å². The third-order valence-electron chi connectivity index (χ3n) is 5.15. The van der Waals surface area contributed by atoms with Crippen LogP contribution in [0.4, 0.5) is 4.79 Å². The zero-order chi connectivity index (χ0) is 22.5. The largest absolute Gasteiger partial charge is 0.492 e. The number of ether oxygens (including phenoxy) is 1. The molecule has 0 saturated carbocycles. The summed E-state index contributed by atoms with van der Waals surface area (Å²) in [5.74, 6) is 0.907. The molecule has 1 aromatic carbocycles. The lowest BCUT2D eigenvalue weighted by molar-refractivity contribution is -0.130. The predicted molar refractivity (Wildman–Crippen MR) is 123 cm³/mol. The van der Waals surface area contributed by atoms with E-state index in [0.29, 0.717) is 18.7 Å². The van der Waals surface area contributed by atoms with Crippen molar-refractivity contribution in [1.29, 1.82) is 0 Å². The Morgan fingerprint density at radius 2 is 1.48 bits per heavy atom. The van der Waals surface area contributed by atoms with Crippen LogP contribution in [-0.4, -0.2) is 30.8 Å². The Labute approximate surface area is 181 Å². The van der Waals surface area contributed by atoms with Crippen LogP contribution >= 0.6 is 12.6 Å². The van der Waals surface area contributed by atoms with Crippen molar-refractivity contribution in [3.8, 4) is 5.75 Å². The van der Waals surface area contributed by atoms with Gasteiger partial charge in [0, 0.05) is 12.3 Å². The smallest absolute Gasteiger partial charge is 0.321 e. The zero-order valence-electron chi connectivity index (χ0n) is 19.2. The second-order valence-corrected chi connectivity index (χ2v) is 10.3. The molecule has 0 aliphatic carbocycles. The average Bonchev–Trinajstić information content (AvgIpc) is 2.62. The summed E-state index contributed by atoms with van der Waals surface area (Å²) in [6.07, 6.45) is 0.545. The Balaban J connectivity index is 3.03. The van der Waals surface area contributed by atoms with E-state index in [0.717, 1.165) is 5.75 Å². The Morgan fingerprint density at radius 3 is 1.90 bits per heavy atom. The lowest BCUT2D eigenvalue weighted by Gasteiger charge is -2.29. The zero-order valence-corrected chi connectivity index (χ0v) is 20.1. The summed E-state index contributed by atoms with van der Waals surface area (Å²) < 4.78 is 6.11.